The number of carbonyl (C=O) groups excluding carboxylic acids is 1. The first-order chi connectivity index (χ1) is 5.20. The Bertz CT molecular complexity index is 222. The monoisotopic (exact) mass is 170 g/mol. The van der Waals surface area contributed by atoms with Gasteiger partial charge in [0.25, 0.3) is 0 Å². The molecule has 4 atom stereocenters. The van der Waals surface area contributed by atoms with Gasteiger partial charge in [0.1, 0.15) is 0 Å². The van der Waals surface area contributed by atoms with E-state index >= 15 is 0 Å². The van der Waals surface area contributed by atoms with Crippen molar-refractivity contribution in [2.75, 3.05) is 0 Å². The highest BCUT2D eigenvalue weighted by Gasteiger charge is 2.44. The molecular weight excluding hydrogens is 160 g/mol. The van der Waals surface area contributed by atoms with E-state index in [9.17, 15) is 4.79 Å². The molecule has 11 heavy (non-hydrogen) atoms. The largest absolute Gasteiger partial charge is 0.281 e. The lowest BCUT2D eigenvalue weighted by Gasteiger charge is -2.20. The molecule has 2 rings (SSSR count). The van der Waals surface area contributed by atoms with Crippen LogP contribution < -0.4 is 0 Å². The fraction of sp³-hybridized carbons (Fsp3) is 0.667. The van der Waals surface area contributed by atoms with Crippen LogP contribution in [-0.4, -0.2) is 5.24 Å². The minimum atomic E-state index is -0.144. The van der Waals surface area contributed by atoms with Gasteiger partial charge in [-0.3, -0.25) is 4.79 Å². The molecule has 0 unspecified atom stereocenters. The minimum Gasteiger partial charge on any atom is -0.281 e. The van der Waals surface area contributed by atoms with Gasteiger partial charge in [-0.15, -0.1) is 0 Å². The molecule has 0 heterocycles. The molecule has 2 aliphatic rings. The molecule has 0 amide bonds. The van der Waals surface area contributed by atoms with Gasteiger partial charge in [-0.2, -0.15) is 0 Å². The third-order valence-corrected chi connectivity index (χ3v) is 3.37. The van der Waals surface area contributed by atoms with E-state index in [-0.39, 0.29) is 11.2 Å². The second-order valence-electron chi connectivity index (χ2n) is 3.64. The molecule has 1 fully saturated rings. The van der Waals surface area contributed by atoms with Gasteiger partial charge in [0, 0.05) is 5.92 Å². The zero-order valence-electron chi connectivity index (χ0n) is 6.46. The van der Waals surface area contributed by atoms with Gasteiger partial charge in [-0.05, 0) is 35.8 Å². The highest BCUT2D eigenvalue weighted by molar-refractivity contribution is 6.64. The van der Waals surface area contributed by atoms with Crippen LogP contribution in [0.3, 0.4) is 0 Å². The van der Waals surface area contributed by atoms with E-state index in [1.54, 1.807) is 0 Å². The molecule has 0 N–H and O–H groups in total. The predicted molar refractivity (Wildman–Crippen MR) is 44.3 cm³/mol. The molecule has 0 spiro atoms. The van der Waals surface area contributed by atoms with Gasteiger partial charge >= 0.3 is 0 Å². The van der Waals surface area contributed by atoms with Gasteiger partial charge in [0.05, 0.1) is 0 Å². The number of hydrogen-bond acceptors (Lipinski definition) is 1. The molecule has 60 valence electrons. The molecular formula is C9H11ClO. The first kappa shape index (κ1) is 7.35. The van der Waals surface area contributed by atoms with Crippen molar-refractivity contribution in [2.45, 2.75) is 13.3 Å². The normalized spacial score (nSPS) is 46.7. The van der Waals surface area contributed by atoms with Crippen LogP contribution in [0.1, 0.15) is 13.3 Å². The van der Waals surface area contributed by atoms with Crippen molar-refractivity contribution in [3.05, 3.63) is 12.2 Å². The summed E-state index contributed by atoms with van der Waals surface area (Å²) in [4.78, 5) is 11.0. The second kappa shape index (κ2) is 2.34. The molecule has 2 aliphatic carbocycles. The maximum absolute atomic E-state index is 11.0. The van der Waals surface area contributed by atoms with Crippen LogP contribution >= 0.6 is 11.6 Å². The molecule has 1 saturated carbocycles. The maximum Gasteiger partial charge on any atom is 0.225 e. The zero-order chi connectivity index (χ0) is 8.01. The molecule has 0 aromatic heterocycles. The lowest BCUT2D eigenvalue weighted by atomic mass is 9.85. The lowest BCUT2D eigenvalue weighted by Crippen LogP contribution is -2.21. The quantitative estimate of drug-likeness (QED) is 0.436. The highest BCUT2D eigenvalue weighted by Crippen LogP contribution is 2.48. The lowest BCUT2D eigenvalue weighted by molar-refractivity contribution is -0.116. The molecule has 0 aromatic carbocycles. The van der Waals surface area contributed by atoms with Gasteiger partial charge in [0.15, 0.2) is 0 Å². The molecule has 2 heteroatoms. The number of hydrogen-bond donors (Lipinski definition) is 0. The van der Waals surface area contributed by atoms with Gasteiger partial charge < -0.3 is 0 Å². The Labute approximate surface area is 71.4 Å². The second-order valence-corrected chi connectivity index (χ2v) is 4.01. The summed E-state index contributed by atoms with van der Waals surface area (Å²) in [7, 11) is 0. The van der Waals surface area contributed by atoms with Crippen LogP contribution in [0, 0.1) is 23.7 Å². The summed E-state index contributed by atoms with van der Waals surface area (Å²) in [6.07, 6.45) is 5.52. The van der Waals surface area contributed by atoms with Crippen molar-refractivity contribution in [1.82, 2.24) is 0 Å². The van der Waals surface area contributed by atoms with E-state index in [1.165, 1.54) is 0 Å². The van der Waals surface area contributed by atoms with Crippen molar-refractivity contribution in [2.24, 2.45) is 23.7 Å². The van der Waals surface area contributed by atoms with Crippen LogP contribution in [0.4, 0.5) is 0 Å². The predicted octanol–water partition coefficient (Wildman–Crippen LogP) is 2.21. The van der Waals surface area contributed by atoms with E-state index in [0.29, 0.717) is 17.8 Å². The third kappa shape index (κ3) is 0.943. The molecule has 0 aliphatic heterocycles. The van der Waals surface area contributed by atoms with Gasteiger partial charge in [-0.25, -0.2) is 0 Å². The summed E-state index contributed by atoms with van der Waals surface area (Å²) in [5.74, 6) is 1.63. The van der Waals surface area contributed by atoms with Crippen LogP contribution in [-0.2, 0) is 4.79 Å². The summed E-state index contributed by atoms with van der Waals surface area (Å²) >= 11 is 5.50. The van der Waals surface area contributed by atoms with Crippen molar-refractivity contribution in [1.29, 1.82) is 0 Å². The summed E-state index contributed by atoms with van der Waals surface area (Å²) in [5.41, 5.74) is 0. The number of fused-ring (bicyclic) bond motifs is 2. The van der Waals surface area contributed by atoms with Crippen molar-refractivity contribution < 1.29 is 4.79 Å². The van der Waals surface area contributed by atoms with E-state index in [2.05, 4.69) is 19.1 Å². The number of rotatable bonds is 1. The Hall–Kier alpha value is -0.300. The van der Waals surface area contributed by atoms with E-state index in [0.717, 1.165) is 6.42 Å². The molecule has 1 nitrogen and oxygen atoms in total. The number of halogens is 1. The van der Waals surface area contributed by atoms with Crippen LogP contribution in [0.2, 0.25) is 0 Å². The molecule has 2 bridgehead atoms. The van der Waals surface area contributed by atoms with E-state index in [1.807, 2.05) is 0 Å². The van der Waals surface area contributed by atoms with Crippen molar-refractivity contribution in [3.63, 3.8) is 0 Å². The average molecular weight is 171 g/mol. The molecule has 0 aromatic rings. The summed E-state index contributed by atoms with van der Waals surface area (Å²) in [5, 5.41) is -0.144. The average Bonchev–Trinajstić information content (AvgIpc) is 2.44. The van der Waals surface area contributed by atoms with E-state index < -0.39 is 0 Å². The van der Waals surface area contributed by atoms with Gasteiger partial charge in [-0.1, -0.05) is 19.1 Å². The van der Waals surface area contributed by atoms with Gasteiger partial charge in [0.2, 0.25) is 5.24 Å². The van der Waals surface area contributed by atoms with Crippen LogP contribution in [0.15, 0.2) is 12.2 Å². The fourth-order valence-electron chi connectivity index (χ4n) is 2.44. The zero-order valence-corrected chi connectivity index (χ0v) is 7.21. The summed E-state index contributed by atoms with van der Waals surface area (Å²) < 4.78 is 0. The SMILES string of the molecule is C[C@H]1[C@@H](C(=O)Cl)[C@@H]2C=C[C@H]1C2. The Morgan fingerprint density at radius 1 is 1.45 bits per heavy atom. The first-order valence-electron chi connectivity index (χ1n) is 4.08. The maximum atomic E-state index is 11.0. The number of allylic oxidation sites excluding steroid dienone is 2. The topological polar surface area (TPSA) is 17.1 Å². The Morgan fingerprint density at radius 3 is 2.45 bits per heavy atom. The smallest absolute Gasteiger partial charge is 0.225 e. The minimum absolute atomic E-state index is 0.103. The van der Waals surface area contributed by atoms with E-state index in [4.69, 9.17) is 11.6 Å². The van der Waals surface area contributed by atoms with Crippen molar-refractivity contribution >= 4 is 16.8 Å². The molecule has 0 radical (unpaired) electrons. The standard InChI is InChI=1S/C9H11ClO/c1-5-6-2-3-7(4-6)8(5)9(10)11/h2-3,5-8H,4H2,1H3/t5-,6+,7-,8-/m1/s1. The first-order valence-corrected chi connectivity index (χ1v) is 4.45. The fourth-order valence-corrected chi connectivity index (χ4v) is 2.80. The van der Waals surface area contributed by atoms with Crippen molar-refractivity contribution in [3.8, 4) is 0 Å². The summed E-state index contributed by atoms with van der Waals surface area (Å²) in [6, 6.07) is 0. The Kier molecular flexibility index (Phi) is 1.57. The summed E-state index contributed by atoms with van der Waals surface area (Å²) in [6.45, 7) is 2.12. The van der Waals surface area contributed by atoms with Crippen LogP contribution in [0.25, 0.3) is 0 Å². The third-order valence-electron chi connectivity index (χ3n) is 3.11. The molecule has 0 saturated heterocycles. The highest BCUT2D eigenvalue weighted by atomic mass is 35.5. The Morgan fingerprint density at radius 2 is 2.09 bits per heavy atom. The van der Waals surface area contributed by atoms with Crippen LogP contribution in [0.5, 0.6) is 0 Å². The Balaban J connectivity index is 2.25. The number of carbonyl (C=O) groups is 1.